The van der Waals surface area contributed by atoms with Gasteiger partial charge >= 0.3 is 0 Å². The fourth-order valence-corrected chi connectivity index (χ4v) is 3.73. The third kappa shape index (κ3) is 2.71. The van der Waals surface area contributed by atoms with Gasteiger partial charge in [-0.05, 0) is 37.1 Å². The van der Waals surface area contributed by atoms with Gasteiger partial charge in [0.1, 0.15) is 5.82 Å². The van der Waals surface area contributed by atoms with E-state index in [0.717, 1.165) is 31.4 Å². The fraction of sp³-hybridized carbons (Fsp3) is 0.500. The van der Waals surface area contributed by atoms with E-state index < -0.39 is 22.0 Å². The Morgan fingerprint density at radius 2 is 1.83 bits per heavy atom. The summed E-state index contributed by atoms with van der Waals surface area (Å²) >= 11 is 0. The van der Waals surface area contributed by atoms with Crippen LogP contribution in [0.3, 0.4) is 0 Å². The summed E-state index contributed by atoms with van der Waals surface area (Å²) in [6.45, 7) is 0.431. The van der Waals surface area contributed by atoms with E-state index >= 15 is 0 Å². The zero-order valence-corrected chi connectivity index (χ0v) is 10.9. The van der Waals surface area contributed by atoms with Crippen LogP contribution in [-0.2, 0) is 10.0 Å². The van der Waals surface area contributed by atoms with Crippen molar-refractivity contribution in [3.05, 3.63) is 30.1 Å². The molecule has 0 aliphatic carbocycles. The van der Waals surface area contributed by atoms with Crippen LogP contribution in [0.25, 0.3) is 0 Å². The summed E-state index contributed by atoms with van der Waals surface area (Å²) in [6, 6.07) is 4.86. The maximum Gasteiger partial charge on any atom is 0.244 e. The minimum absolute atomic E-state index is 0.0984. The molecule has 1 aliphatic heterocycles. The third-order valence-electron chi connectivity index (χ3n) is 3.17. The number of rotatable bonds is 2. The maximum absolute atomic E-state index is 12.8. The van der Waals surface area contributed by atoms with Crippen molar-refractivity contribution < 1.29 is 12.8 Å². The molecule has 1 aromatic rings. The van der Waals surface area contributed by atoms with Crippen molar-refractivity contribution in [2.75, 3.05) is 6.54 Å². The Morgan fingerprint density at radius 1 is 1.17 bits per heavy atom. The summed E-state index contributed by atoms with van der Waals surface area (Å²) in [5.41, 5.74) is 5.91. The SMILES string of the molecule is NC1CCCCCN1S(=O)(=O)c1ccc(F)cc1. The van der Waals surface area contributed by atoms with Crippen LogP contribution < -0.4 is 5.73 Å². The van der Waals surface area contributed by atoms with E-state index in [-0.39, 0.29) is 4.90 Å². The van der Waals surface area contributed by atoms with E-state index in [9.17, 15) is 12.8 Å². The van der Waals surface area contributed by atoms with E-state index in [4.69, 9.17) is 5.73 Å². The Bertz CT molecular complexity index is 501. The molecule has 0 saturated carbocycles. The number of hydrogen-bond donors (Lipinski definition) is 1. The van der Waals surface area contributed by atoms with Crippen molar-refractivity contribution in [1.82, 2.24) is 4.31 Å². The minimum Gasteiger partial charge on any atom is -0.315 e. The molecule has 0 spiro atoms. The summed E-state index contributed by atoms with van der Waals surface area (Å²) in [7, 11) is -3.61. The first-order chi connectivity index (χ1) is 8.51. The van der Waals surface area contributed by atoms with Crippen molar-refractivity contribution in [2.45, 2.75) is 36.7 Å². The highest BCUT2D eigenvalue weighted by Gasteiger charge is 2.30. The zero-order valence-electron chi connectivity index (χ0n) is 10.0. The van der Waals surface area contributed by atoms with Gasteiger partial charge in [0.2, 0.25) is 10.0 Å². The second-order valence-corrected chi connectivity index (χ2v) is 6.38. The fourth-order valence-electron chi connectivity index (χ4n) is 2.15. The summed E-state index contributed by atoms with van der Waals surface area (Å²) in [6.07, 6.45) is 2.93. The number of hydrogen-bond acceptors (Lipinski definition) is 3. The highest BCUT2D eigenvalue weighted by molar-refractivity contribution is 7.89. The molecule has 1 fully saturated rings. The highest BCUT2D eigenvalue weighted by Crippen LogP contribution is 2.22. The Hall–Kier alpha value is -0.980. The second-order valence-electron chi connectivity index (χ2n) is 4.49. The van der Waals surface area contributed by atoms with Gasteiger partial charge in [0.15, 0.2) is 0 Å². The van der Waals surface area contributed by atoms with Crippen molar-refractivity contribution in [3.8, 4) is 0 Å². The molecule has 100 valence electrons. The van der Waals surface area contributed by atoms with Crippen LogP contribution in [0.1, 0.15) is 25.7 Å². The molecule has 1 saturated heterocycles. The number of nitrogens with two attached hydrogens (primary N) is 1. The number of nitrogens with zero attached hydrogens (tertiary/aromatic N) is 1. The first-order valence-electron chi connectivity index (χ1n) is 6.05. The van der Waals surface area contributed by atoms with Crippen LogP contribution in [0.2, 0.25) is 0 Å². The molecule has 1 aromatic carbocycles. The molecule has 1 heterocycles. The van der Waals surface area contributed by atoms with E-state index in [2.05, 4.69) is 0 Å². The van der Waals surface area contributed by atoms with Crippen LogP contribution in [0.5, 0.6) is 0 Å². The van der Waals surface area contributed by atoms with Gasteiger partial charge < -0.3 is 5.73 Å². The van der Waals surface area contributed by atoms with Crippen molar-refractivity contribution >= 4 is 10.0 Å². The van der Waals surface area contributed by atoms with Crippen molar-refractivity contribution in [1.29, 1.82) is 0 Å². The number of sulfonamides is 1. The molecule has 1 aliphatic rings. The molecule has 0 bridgehead atoms. The van der Waals surface area contributed by atoms with Crippen LogP contribution in [0.4, 0.5) is 4.39 Å². The average molecular weight is 272 g/mol. The molecular weight excluding hydrogens is 255 g/mol. The maximum atomic E-state index is 12.8. The lowest BCUT2D eigenvalue weighted by Gasteiger charge is -2.25. The highest BCUT2D eigenvalue weighted by atomic mass is 32.2. The van der Waals surface area contributed by atoms with Crippen LogP contribution >= 0.6 is 0 Å². The van der Waals surface area contributed by atoms with Gasteiger partial charge in [-0.1, -0.05) is 12.8 Å². The quantitative estimate of drug-likeness (QED) is 0.891. The monoisotopic (exact) mass is 272 g/mol. The van der Waals surface area contributed by atoms with Gasteiger partial charge in [-0.15, -0.1) is 0 Å². The van der Waals surface area contributed by atoms with Crippen LogP contribution in [0, 0.1) is 5.82 Å². The Balaban J connectivity index is 2.31. The predicted molar refractivity (Wildman–Crippen MR) is 66.7 cm³/mol. The molecule has 1 unspecified atom stereocenters. The summed E-state index contributed by atoms with van der Waals surface area (Å²) in [5, 5.41) is 0. The van der Waals surface area contributed by atoms with Crippen molar-refractivity contribution in [2.24, 2.45) is 5.73 Å². The Morgan fingerprint density at radius 3 is 2.50 bits per heavy atom. The molecule has 0 radical (unpaired) electrons. The normalized spacial score (nSPS) is 22.7. The molecule has 0 aromatic heterocycles. The summed E-state index contributed by atoms with van der Waals surface area (Å²) in [5.74, 6) is -0.450. The Labute approximate surface area is 107 Å². The molecule has 2 rings (SSSR count). The molecule has 4 nitrogen and oxygen atoms in total. The third-order valence-corrected chi connectivity index (χ3v) is 5.11. The minimum atomic E-state index is -3.61. The lowest BCUT2D eigenvalue weighted by Crippen LogP contribution is -2.45. The molecule has 2 N–H and O–H groups in total. The predicted octanol–water partition coefficient (Wildman–Crippen LogP) is 1.68. The largest absolute Gasteiger partial charge is 0.315 e. The topological polar surface area (TPSA) is 63.4 Å². The molecule has 1 atom stereocenters. The van der Waals surface area contributed by atoms with Gasteiger partial charge in [0, 0.05) is 6.54 Å². The van der Waals surface area contributed by atoms with E-state index in [1.165, 1.54) is 16.4 Å². The number of halogens is 1. The number of benzene rings is 1. The lowest BCUT2D eigenvalue weighted by atomic mass is 10.2. The van der Waals surface area contributed by atoms with Gasteiger partial charge in [0.25, 0.3) is 0 Å². The molecule has 18 heavy (non-hydrogen) atoms. The van der Waals surface area contributed by atoms with E-state index in [0.29, 0.717) is 13.0 Å². The molecule has 6 heteroatoms. The summed E-state index contributed by atoms with van der Waals surface area (Å²) < 4.78 is 38.9. The van der Waals surface area contributed by atoms with Gasteiger partial charge in [-0.2, -0.15) is 4.31 Å². The van der Waals surface area contributed by atoms with E-state index in [1.54, 1.807) is 0 Å². The van der Waals surface area contributed by atoms with E-state index in [1.807, 2.05) is 0 Å². The van der Waals surface area contributed by atoms with Crippen molar-refractivity contribution in [3.63, 3.8) is 0 Å². The van der Waals surface area contributed by atoms with Gasteiger partial charge in [0.05, 0.1) is 11.1 Å². The summed E-state index contributed by atoms with van der Waals surface area (Å²) in [4.78, 5) is 0.0984. The van der Waals surface area contributed by atoms with Crippen LogP contribution in [-0.4, -0.2) is 25.4 Å². The Kier molecular flexibility index (Phi) is 3.99. The first-order valence-corrected chi connectivity index (χ1v) is 7.49. The second kappa shape index (κ2) is 5.34. The van der Waals surface area contributed by atoms with Gasteiger partial charge in [-0.3, -0.25) is 0 Å². The lowest BCUT2D eigenvalue weighted by molar-refractivity contribution is 0.329. The standard InChI is InChI=1S/C12H17FN2O2S/c13-10-5-7-11(8-6-10)18(16,17)15-9-3-1-2-4-12(15)14/h5-8,12H,1-4,9,14H2. The van der Waals surface area contributed by atoms with Crippen LogP contribution in [0.15, 0.2) is 29.2 Å². The zero-order chi connectivity index (χ0) is 13.2. The van der Waals surface area contributed by atoms with Gasteiger partial charge in [-0.25, -0.2) is 12.8 Å². The molecule has 0 amide bonds. The molecular formula is C12H17FN2O2S. The average Bonchev–Trinajstić information content (AvgIpc) is 2.55. The smallest absolute Gasteiger partial charge is 0.244 e. The first kappa shape index (κ1) is 13.5.